The second-order valence-electron chi connectivity index (χ2n) is 4.42. The van der Waals surface area contributed by atoms with Gasteiger partial charge in [0.15, 0.2) is 0 Å². The molecule has 1 aromatic heterocycles. The van der Waals surface area contributed by atoms with Gasteiger partial charge in [-0.15, -0.1) is 0 Å². The van der Waals surface area contributed by atoms with Crippen LogP contribution in [0.1, 0.15) is 18.1 Å². The van der Waals surface area contributed by atoms with Gasteiger partial charge < -0.3 is 10.6 Å². The Balaban J connectivity index is 2.23. The largest absolute Gasteiger partial charge is 0.399 e. The number of nitrogens with two attached hydrogens (primary N) is 1. The molecule has 2 rings (SSSR count). The maximum absolute atomic E-state index is 5.79. The van der Waals surface area contributed by atoms with Gasteiger partial charge in [-0.25, -0.2) is 0 Å². The van der Waals surface area contributed by atoms with Gasteiger partial charge in [0.1, 0.15) is 0 Å². The molecule has 0 spiro atoms. The van der Waals surface area contributed by atoms with Crippen LogP contribution in [0, 0.1) is 6.92 Å². The highest BCUT2D eigenvalue weighted by atomic mass is 15.1. The third kappa shape index (κ3) is 2.80. The molecule has 0 aliphatic rings. The zero-order valence-electron chi connectivity index (χ0n) is 10.9. The van der Waals surface area contributed by atoms with Crippen LogP contribution in [0.5, 0.6) is 0 Å². The van der Waals surface area contributed by atoms with Crippen LogP contribution in [0.2, 0.25) is 0 Å². The van der Waals surface area contributed by atoms with Crippen molar-refractivity contribution in [3.05, 3.63) is 53.9 Å². The summed E-state index contributed by atoms with van der Waals surface area (Å²) in [5, 5.41) is 0. The van der Waals surface area contributed by atoms with E-state index in [1.807, 2.05) is 24.5 Å². The van der Waals surface area contributed by atoms with E-state index in [1.165, 1.54) is 16.8 Å². The van der Waals surface area contributed by atoms with Crippen LogP contribution in [0.25, 0.3) is 0 Å². The number of anilines is 2. The SMILES string of the molecule is CCN(Cc1ccncc1)c1ccc(N)cc1C. The van der Waals surface area contributed by atoms with Crippen LogP contribution in [0.3, 0.4) is 0 Å². The number of aromatic nitrogens is 1. The van der Waals surface area contributed by atoms with Crippen molar-refractivity contribution in [2.24, 2.45) is 0 Å². The Kier molecular flexibility index (Phi) is 3.82. The minimum Gasteiger partial charge on any atom is -0.399 e. The molecule has 3 heteroatoms. The maximum Gasteiger partial charge on any atom is 0.0430 e. The fraction of sp³-hybridized carbons (Fsp3) is 0.267. The molecule has 0 saturated heterocycles. The lowest BCUT2D eigenvalue weighted by Crippen LogP contribution is -2.22. The summed E-state index contributed by atoms with van der Waals surface area (Å²) >= 11 is 0. The minimum atomic E-state index is 0.816. The average Bonchev–Trinajstić information content (AvgIpc) is 2.38. The molecule has 0 aliphatic carbocycles. The summed E-state index contributed by atoms with van der Waals surface area (Å²) in [7, 11) is 0. The van der Waals surface area contributed by atoms with Crippen molar-refractivity contribution in [3.8, 4) is 0 Å². The van der Waals surface area contributed by atoms with Crippen molar-refractivity contribution in [3.63, 3.8) is 0 Å². The number of pyridine rings is 1. The van der Waals surface area contributed by atoms with Gasteiger partial charge in [0.25, 0.3) is 0 Å². The first-order valence-corrected chi connectivity index (χ1v) is 6.20. The molecule has 1 heterocycles. The van der Waals surface area contributed by atoms with Crippen molar-refractivity contribution in [2.75, 3.05) is 17.2 Å². The van der Waals surface area contributed by atoms with Gasteiger partial charge in [-0.05, 0) is 55.3 Å². The van der Waals surface area contributed by atoms with Gasteiger partial charge in [-0.3, -0.25) is 4.98 Å². The number of aryl methyl sites for hydroxylation is 1. The molecule has 0 atom stereocenters. The van der Waals surface area contributed by atoms with Crippen LogP contribution in [-0.2, 0) is 6.54 Å². The van der Waals surface area contributed by atoms with E-state index < -0.39 is 0 Å². The lowest BCUT2D eigenvalue weighted by atomic mass is 10.1. The zero-order chi connectivity index (χ0) is 13.0. The number of hydrogen-bond acceptors (Lipinski definition) is 3. The van der Waals surface area contributed by atoms with Crippen molar-refractivity contribution in [1.29, 1.82) is 0 Å². The zero-order valence-corrected chi connectivity index (χ0v) is 10.9. The molecule has 1 aromatic carbocycles. The molecule has 2 aromatic rings. The van der Waals surface area contributed by atoms with Gasteiger partial charge in [0.05, 0.1) is 0 Å². The first-order valence-electron chi connectivity index (χ1n) is 6.20. The minimum absolute atomic E-state index is 0.816. The Morgan fingerprint density at radius 1 is 1.17 bits per heavy atom. The summed E-state index contributed by atoms with van der Waals surface area (Å²) in [6, 6.07) is 10.2. The van der Waals surface area contributed by atoms with Gasteiger partial charge in [0.2, 0.25) is 0 Å². The van der Waals surface area contributed by atoms with Crippen molar-refractivity contribution < 1.29 is 0 Å². The van der Waals surface area contributed by atoms with E-state index in [9.17, 15) is 0 Å². The van der Waals surface area contributed by atoms with Gasteiger partial charge in [-0.1, -0.05) is 0 Å². The summed E-state index contributed by atoms with van der Waals surface area (Å²) in [6.45, 7) is 6.12. The fourth-order valence-corrected chi connectivity index (χ4v) is 2.11. The molecule has 2 N–H and O–H groups in total. The molecule has 3 nitrogen and oxygen atoms in total. The molecular formula is C15H19N3. The molecule has 0 amide bonds. The molecule has 18 heavy (non-hydrogen) atoms. The Hall–Kier alpha value is -2.03. The number of nitrogen functional groups attached to an aromatic ring is 1. The first kappa shape index (κ1) is 12.4. The molecule has 0 fully saturated rings. The second kappa shape index (κ2) is 5.54. The Labute approximate surface area is 108 Å². The smallest absolute Gasteiger partial charge is 0.0430 e. The monoisotopic (exact) mass is 241 g/mol. The highest BCUT2D eigenvalue weighted by Crippen LogP contribution is 2.23. The Bertz CT molecular complexity index is 508. The number of benzene rings is 1. The highest BCUT2D eigenvalue weighted by Gasteiger charge is 2.08. The quantitative estimate of drug-likeness (QED) is 0.837. The predicted octanol–water partition coefficient (Wildman–Crippen LogP) is 3.00. The van der Waals surface area contributed by atoms with Crippen LogP contribution < -0.4 is 10.6 Å². The van der Waals surface area contributed by atoms with Gasteiger partial charge in [-0.2, -0.15) is 0 Å². The summed E-state index contributed by atoms with van der Waals surface area (Å²) in [6.07, 6.45) is 3.66. The van der Waals surface area contributed by atoms with E-state index in [0.717, 1.165) is 18.8 Å². The fourth-order valence-electron chi connectivity index (χ4n) is 2.11. The van der Waals surface area contributed by atoms with E-state index in [1.54, 1.807) is 0 Å². The molecule has 0 radical (unpaired) electrons. The van der Waals surface area contributed by atoms with Crippen LogP contribution >= 0.6 is 0 Å². The number of nitrogens with zero attached hydrogens (tertiary/aromatic N) is 2. The topological polar surface area (TPSA) is 42.2 Å². The Morgan fingerprint density at radius 3 is 2.50 bits per heavy atom. The van der Waals surface area contributed by atoms with Crippen molar-refractivity contribution in [2.45, 2.75) is 20.4 Å². The van der Waals surface area contributed by atoms with Crippen molar-refractivity contribution in [1.82, 2.24) is 4.98 Å². The maximum atomic E-state index is 5.79. The van der Waals surface area contributed by atoms with E-state index >= 15 is 0 Å². The van der Waals surface area contributed by atoms with E-state index in [-0.39, 0.29) is 0 Å². The Morgan fingerprint density at radius 2 is 1.89 bits per heavy atom. The van der Waals surface area contributed by atoms with Crippen molar-refractivity contribution >= 4 is 11.4 Å². The van der Waals surface area contributed by atoms with E-state index in [0.29, 0.717) is 0 Å². The standard InChI is InChI=1S/C15H19N3/c1-3-18(11-13-6-8-17-9-7-13)15-5-4-14(16)10-12(15)2/h4-10H,3,11,16H2,1-2H3. The first-order chi connectivity index (χ1) is 8.70. The third-order valence-corrected chi connectivity index (χ3v) is 3.07. The molecule has 0 bridgehead atoms. The summed E-state index contributed by atoms with van der Waals surface area (Å²) in [5.74, 6) is 0. The van der Waals surface area contributed by atoms with E-state index in [4.69, 9.17) is 5.73 Å². The number of rotatable bonds is 4. The molecule has 0 saturated carbocycles. The third-order valence-electron chi connectivity index (χ3n) is 3.07. The summed E-state index contributed by atoms with van der Waals surface area (Å²) in [5.41, 5.74) is 10.3. The lowest BCUT2D eigenvalue weighted by molar-refractivity contribution is 0.826. The normalized spacial score (nSPS) is 10.3. The second-order valence-corrected chi connectivity index (χ2v) is 4.42. The van der Waals surface area contributed by atoms with Crippen LogP contribution in [0.4, 0.5) is 11.4 Å². The molecule has 94 valence electrons. The number of hydrogen-bond donors (Lipinski definition) is 1. The van der Waals surface area contributed by atoms with Crippen LogP contribution in [-0.4, -0.2) is 11.5 Å². The summed E-state index contributed by atoms with van der Waals surface area (Å²) in [4.78, 5) is 6.38. The lowest BCUT2D eigenvalue weighted by Gasteiger charge is -2.25. The van der Waals surface area contributed by atoms with Crippen LogP contribution in [0.15, 0.2) is 42.7 Å². The van der Waals surface area contributed by atoms with Gasteiger partial charge in [0, 0.05) is 36.9 Å². The predicted molar refractivity (Wildman–Crippen MR) is 76.6 cm³/mol. The molecular weight excluding hydrogens is 222 g/mol. The average molecular weight is 241 g/mol. The molecule has 0 aliphatic heterocycles. The van der Waals surface area contributed by atoms with Gasteiger partial charge >= 0.3 is 0 Å². The summed E-state index contributed by atoms with van der Waals surface area (Å²) < 4.78 is 0. The highest BCUT2D eigenvalue weighted by molar-refractivity contribution is 5.59. The van der Waals surface area contributed by atoms with E-state index in [2.05, 4.69) is 41.9 Å². The molecule has 0 unspecified atom stereocenters.